The van der Waals surface area contributed by atoms with Crippen LogP contribution in [0.4, 0.5) is 13.2 Å². The molecule has 26 heavy (non-hydrogen) atoms. The number of aliphatic imine (C=N–C) groups is 1. The zero-order valence-electron chi connectivity index (χ0n) is 14.6. The third kappa shape index (κ3) is 6.46. The van der Waals surface area contributed by atoms with Gasteiger partial charge in [0, 0.05) is 13.5 Å². The van der Waals surface area contributed by atoms with E-state index in [1.165, 1.54) is 6.07 Å². The van der Waals surface area contributed by atoms with Gasteiger partial charge in [-0.1, -0.05) is 17.3 Å². The molecule has 0 aliphatic rings. The summed E-state index contributed by atoms with van der Waals surface area (Å²) in [6, 6.07) is 4.84. The van der Waals surface area contributed by atoms with Gasteiger partial charge in [0.1, 0.15) is 6.54 Å². The van der Waals surface area contributed by atoms with Crippen LogP contribution in [-0.2, 0) is 12.7 Å². The zero-order chi connectivity index (χ0) is 18.4. The molecule has 2 aromatic rings. The summed E-state index contributed by atoms with van der Waals surface area (Å²) in [5.74, 6) is 1.33. The van der Waals surface area contributed by atoms with E-state index in [2.05, 4.69) is 25.8 Å². The van der Waals surface area contributed by atoms with E-state index in [-0.39, 0.29) is 36.6 Å². The predicted octanol–water partition coefficient (Wildman–Crippen LogP) is 3.83. The standard InChI is InChI=1S/C16H20F3N5O.HI/c1-4-20-15(21-9-14-23-11(3)25-24-14)22-10(2)12-6-5-7-13(8-12)16(17,18)19;/h5-8,10H,4,9H2,1-3H3,(H2,20,21,22);1H. The molecule has 0 aliphatic carbocycles. The van der Waals surface area contributed by atoms with E-state index in [1.807, 2.05) is 6.92 Å². The van der Waals surface area contributed by atoms with Crippen molar-refractivity contribution in [3.8, 4) is 0 Å². The molecule has 0 aliphatic heterocycles. The van der Waals surface area contributed by atoms with Crippen LogP contribution in [0.3, 0.4) is 0 Å². The van der Waals surface area contributed by atoms with Gasteiger partial charge in [0.15, 0.2) is 11.8 Å². The second kappa shape index (κ2) is 9.74. The Morgan fingerprint density at radius 3 is 2.65 bits per heavy atom. The van der Waals surface area contributed by atoms with E-state index >= 15 is 0 Å². The van der Waals surface area contributed by atoms with Crippen LogP contribution in [0.15, 0.2) is 33.8 Å². The first kappa shape index (κ1) is 22.2. The van der Waals surface area contributed by atoms with Gasteiger partial charge in [-0.3, -0.25) is 0 Å². The van der Waals surface area contributed by atoms with Gasteiger partial charge >= 0.3 is 6.18 Å². The van der Waals surface area contributed by atoms with Crippen LogP contribution in [0.2, 0.25) is 0 Å². The molecule has 144 valence electrons. The van der Waals surface area contributed by atoms with Crippen LogP contribution in [0.5, 0.6) is 0 Å². The Morgan fingerprint density at radius 1 is 1.35 bits per heavy atom. The molecule has 2 N–H and O–H groups in total. The average Bonchev–Trinajstić information content (AvgIpc) is 2.97. The van der Waals surface area contributed by atoms with Crippen LogP contribution in [0.25, 0.3) is 0 Å². The van der Waals surface area contributed by atoms with Crippen molar-refractivity contribution in [1.29, 1.82) is 0 Å². The van der Waals surface area contributed by atoms with Crippen molar-refractivity contribution in [3.63, 3.8) is 0 Å². The zero-order valence-corrected chi connectivity index (χ0v) is 16.9. The quantitative estimate of drug-likeness (QED) is 0.384. The Morgan fingerprint density at radius 2 is 2.08 bits per heavy atom. The molecular weight excluding hydrogens is 462 g/mol. The smallest absolute Gasteiger partial charge is 0.357 e. The van der Waals surface area contributed by atoms with Gasteiger partial charge in [-0.15, -0.1) is 24.0 Å². The summed E-state index contributed by atoms with van der Waals surface area (Å²) < 4.78 is 43.4. The third-order valence-electron chi connectivity index (χ3n) is 3.36. The number of nitrogens with one attached hydrogen (secondary N) is 2. The molecule has 1 aromatic heterocycles. The number of hydrogen-bond donors (Lipinski definition) is 2. The molecule has 1 atom stereocenters. The van der Waals surface area contributed by atoms with E-state index in [1.54, 1.807) is 19.9 Å². The summed E-state index contributed by atoms with van der Waals surface area (Å²) in [6.07, 6.45) is -4.37. The second-order valence-electron chi connectivity index (χ2n) is 5.41. The Bertz CT molecular complexity index is 733. The highest BCUT2D eigenvalue weighted by Gasteiger charge is 2.30. The van der Waals surface area contributed by atoms with Gasteiger partial charge in [0.05, 0.1) is 11.6 Å². The van der Waals surface area contributed by atoms with Gasteiger partial charge in [-0.05, 0) is 31.5 Å². The maximum atomic E-state index is 12.8. The van der Waals surface area contributed by atoms with E-state index < -0.39 is 11.7 Å². The SMILES string of the molecule is CCNC(=NCc1noc(C)n1)NC(C)c1cccc(C(F)(F)F)c1.I. The van der Waals surface area contributed by atoms with Crippen molar-refractivity contribution in [2.24, 2.45) is 4.99 Å². The van der Waals surface area contributed by atoms with Gasteiger partial charge in [-0.25, -0.2) is 4.99 Å². The van der Waals surface area contributed by atoms with Crippen LogP contribution >= 0.6 is 24.0 Å². The fraction of sp³-hybridized carbons (Fsp3) is 0.438. The van der Waals surface area contributed by atoms with E-state index in [0.29, 0.717) is 29.8 Å². The Balaban J connectivity index is 0.00000338. The van der Waals surface area contributed by atoms with Crippen LogP contribution in [0.1, 0.15) is 42.7 Å². The Hall–Kier alpha value is -1.85. The van der Waals surface area contributed by atoms with Crippen LogP contribution < -0.4 is 10.6 Å². The lowest BCUT2D eigenvalue weighted by molar-refractivity contribution is -0.137. The molecule has 0 saturated heterocycles. The molecule has 1 aromatic carbocycles. The largest absolute Gasteiger partial charge is 0.416 e. The number of rotatable bonds is 5. The van der Waals surface area contributed by atoms with Gasteiger partial charge in [-0.2, -0.15) is 18.2 Å². The molecule has 6 nitrogen and oxygen atoms in total. The van der Waals surface area contributed by atoms with E-state index in [4.69, 9.17) is 4.52 Å². The summed E-state index contributed by atoms with van der Waals surface area (Å²) >= 11 is 0. The highest BCUT2D eigenvalue weighted by molar-refractivity contribution is 14.0. The molecule has 0 radical (unpaired) electrons. The highest BCUT2D eigenvalue weighted by Crippen LogP contribution is 2.30. The summed E-state index contributed by atoms with van der Waals surface area (Å²) in [6.45, 7) is 6.14. The number of nitrogens with zero attached hydrogens (tertiary/aromatic N) is 3. The lowest BCUT2D eigenvalue weighted by atomic mass is 10.1. The Kier molecular flexibility index (Phi) is 8.31. The monoisotopic (exact) mass is 483 g/mol. The topological polar surface area (TPSA) is 75.3 Å². The lowest BCUT2D eigenvalue weighted by Gasteiger charge is -2.19. The minimum absolute atomic E-state index is 0. The Labute approximate surface area is 166 Å². The van der Waals surface area contributed by atoms with E-state index in [9.17, 15) is 13.2 Å². The summed E-state index contributed by atoms with van der Waals surface area (Å²) in [5.41, 5.74) is -0.168. The number of guanidine groups is 1. The molecule has 1 unspecified atom stereocenters. The molecule has 0 fully saturated rings. The minimum atomic E-state index is -4.37. The average molecular weight is 483 g/mol. The van der Waals surface area contributed by atoms with Crippen molar-refractivity contribution >= 4 is 29.9 Å². The summed E-state index contributed by atoms with van der Waals surface area (Å²) in [7, 11) is 0. The molecule has 0 saturated carbocycles. The maximum absolute atomic E-state index is 12.8. The van der Waals surface area contributed by atoms with Crippen molar-refractivity contribution in [2.75, 3.05) is 6.54 Å². The normalized spacial score (nSPS) is 13.1. The number of aromatic nitrogens is 2. The summed E-state index contributed by atoms with van der Waals surface area (Å²) in [4.78, 5) is 8.37. The minimum Gasteiger partial charge on any atom is -0.357 e. The molecular formula is C16H21F3IN5O. The van der Waals surface area contributed by atoms with Crippen molar-refractivity contribution in [2.45, 2.75) is 39.5 Å². The first-order chi connectivity index (χ1) is 11.8. The number of aryl methyl sites for hydroxylation is 1. The van der Waals surface area contributed by atoms with Gasteiger partial charge < -0.3 is 15.2 Å². The first-order valence-electron chi connectivity index (χ1n) is 7.80. The van der Waals surface area contributed by atoms with Gasteiger partial charge in [0.25, 0.3) is 0 Å². The van der Waals surface area contributed by atoms with Crippen molar-refractivity contribution in [3.05, 3.63) is 47.1 Å². The maximum Gasteiger partial charge on any atom is 0.416 e. The van der Waals surface area contributed by atoms with Crippen molar-refractivity contribution in [1.82, 2.24) is 20.8 Å². The molecule has 2 rings (SSSR count). The molecule has 1 heterocycles. The van der Waals surface area contributed by atoms with Gasteiger partial charge in [0.2, 0.25) is 5.89 Å². The van der Waals surface area contributed by atoms with Crippen molar-refractivity contribution < 1.29 is 17.7 Å². The number of benzene rings is 1. The third-order valence-corrected chi connectivity index (χ3v) is 3.36. The highest BCUT2D eigenvalue weighted by atomic mass is 127. The number of halogens is 4. The first-order valence-corrected chi connectivity index (χ1v) is 7.80. The van der Waals surface area contributed by atoms with Crippen LogP contribution in [-0.4, -0.2) is 22.6 Å². The fourth-order valence-corrected chi connectivity index (χ4v) is 2.15. The molecule has 0 spiro atoms. The number of alkyl halides is 3. The molecule has 0 bridgehead atoms. The van der Waals surface area contributed by atoms with Crippen LogP contribution in [0, 0.1) is 6.92 Å². The predicted molar refractivity (Wildman–Crippen MR) is 102 cm³/mol. The van der Waals surface area contributed by atoms with E-state index in [0.717, 1.165) is 12.1 Å². The summed E-state index contributed by atoms with van der Waals surface area (Å²) in [5, 5.41) is 9.86. The second-order valence-corrected chi connectivity index (χ2v) is 5.41. The number of hydrogen-bond acceptors (Lipinski definition) is 4. The fourth-order valence-electron chi connectivity index (χ4n) is 2.15. The molecule has 0 amide bonds. The molecule has 10 heteroatoms. The lowest BCUT2D eigenvalue weighted by Crippen LogP contribution is -2.38.